The Morgan fingerprint density at radius 2 is 1.85 bits per heavy atom. The minimum Gasteiger partial charge on any atom is -0.465 e. The van der Waals surface area contributed by atoms with E-state index in [1.54, 1.807) is 0 Å². The number of carbonyl (C=O) groups excluding carboxylic acids is 1. The summed E-state index contributed by atoms with van der Waals surface area (Å²) in [5.74, 6) is -0.319. The lowest BCUT2D eigenvalue weighted by atomic mass is 10.0. The van der Waals surface area contributed by atoms with Gasteiger partial charge in [-0.1, -0.05) is 42.0 Å². The van der Waals surface area contributed by atoms with Crippen molar-refractivity contribution in [3.05, 3.63) is 59.7 Å². The lowest BCUT2D eigenvalue weighted by Crippen LogP contribution is -2.02. The van der Waals surface area contributed by atoms with Crippen LogP contribution in [0.4, 0.5) is 0 Å². The summed E-state index contributed by atoms with van der Waals surface area (Å²) in [6.07, 6.45) is 0. The summed E-state index contributed by atoms with van der Waals surface area (Å²) in [5.41, 5.74) is 4.42. The van der Waals surface area contributed by atoms with Crippen LogP contribution < -0.4 is 0 Å². The van der Waals surface area contributed by atoms with Gasteiger partial charge in [0.05, 0.1) is 18.4 Å². The Morgan fingerprint density at radius 1 is 1.10 bits per heavy atom. The number of hydrogen-bond acceptors (Lipinski definition) is 2. The van der Waals surface area contributed by atoms with E-state index in [2.05, 4.69) is 4.98 Å². The molecule has 3 aromatic rings. The van der Waals surface area contributed by atoms with E-state index in [0.29, 0.717) is 5.56 Å². The molecular formula is C17H15NO2. The van der Waals surface area contributed by atoms with Crippen LogP contribution in [-0.4, -0.2) is 18.1 Å². The van der Waals surface area contributed by atoms with Gasteiger partial charge in [0.15, 0.2) is 0 Å². The highest BCUT2D eigenvalue weighted by Crippen LogP contribution is 2.31. The highest BCUT2D eigenvalue weighted by atomic mass is 16.5. The molecule has 0 aliphatic heterocycles. The Kier molecular flexibility index (Phi) is 3.03. The van der Waals surface area contributed by atoms with Gasteiger partial charge in [-0.05, 0) is 24.6 Å². The third-order valence-corrected chi connectivity index (χ3v) is 3.41. The number of aromatic amines is 1. The summed E-state index contributed by atoms with van der Waals surface area (Å²) in [6.45, 7) is 2.01. The molecule has 1 aromatic heterocycles. The lowest BCUT2D eigenvalue weighted by Gasteiger charge is -2.03. The molecule has 0 unspecified atom stereocenters. The fourth-order valence-electron chi connectivity index (χ4n) is 2.44. The Bertz CT molecular complexity index is 772. The van der Waals surface area contributed by atoms with E-state index in [4.69, 9.17) is 4.74 Å². The van der Waals surface area contributed by atoms with E-state index in [1.807, 2.05) is 55.5 Å². The van der Waals surface area contributed by atoms with Crippen molar-refractivity contribution in [2.24, 2.45) is 0 Å². The molecule has 0 saturated carbocycles. The molecular weight excluding hydrogens is 250 g/mol. The van der Waals surface area contributed by atoms with Gasteiger partial charge >= 0.3 is 5.97 Å². The Balaban J connectivity index is 2.34. The Hall–Kier alpha value is -2.55. The van der Waals surface area contributed by atoms with Gasteiger partial charge in [0.1, 0.15) is 0 Å². The van der Waals surface area contributed by atoms with Gasteiger partial charge in [0, 0.05) is 10.9 Å². The third-order valence-electron chi connectivity index (χ3n) is 3.41. The number of rotatable bonds is 2. The zero-order chi connectivity index (χ0) is 14.1. The summed E-state index contributed by atoms with van der Waals surface area (Å²) in [6, 6.07) is 15.8. The largest absolute Gasteiger partial charge is 0.465 e. The Labute approximate surface area is 117 Å². The van der Waals surface area contributed by atoms with E-state index >= 15 is 0 Å². The van der Waals surface area contributed by atoms with Gasteiger partial charge in [-0.15, -0.1) is 0 Å². The highest BCUT2D eigenvalue weighted by Gasteiger charge is 2.20. The number of aromatic nitrogens is 1. The van der Waals surface area contributed by atoms with E-state index in [1.165, 1.54) is 7.11 Å². The third kappa shape index (κ3) is 1.97. The molecule has 20 heavy (non-hydrogen) atoms. The van der Waals surface area contributed by atoms with E-state index < -0.39 is 0 Å². The first-order valence-electron chi connectivity index (χ1n) is 6.47. The van der Waals surface area contributed by atoms with Crippen molar-refractivity contribution in [1.82, 2.24) is 4.98 Å². The van der Waals surface area contributed by atoms with Gasteiger partial charge in [-0.2, -0.15) is 0 Å². The van der Waals surface area contributed by atoms with Crippen LogP contribution in [0.5, 0.6) is 0 Å². The second kappa shape index (κ2) is 4.85. The first-order valence-corrected chi connectivity index (χ1v) is 6.47. The Morgan fingerprint density at radius 3 is 2.55 bits per heavy atom. The molecule has 3 rings (SSSR count). The molecule has 0 saturated heterocycles. The quantitative estimate of drug-likeness (QED) is 0.713. The summed E-state index contributed by atoms with van der Waals surface area (Å²) >= 11 is 0. The molecule has 1 heterocycles. The van der Waals surface area contributed by atoms with Crippen molar-refractivity contribution in [3.8, 4) is 11.3 Å². The lowest BCUT2D eigenvalue weighted by molar-refractivity contribution is 0.0604. The molecule has 2 aromatic carbocycles. The molecule has 0 spiro atoms. The zero-order valence-electron chi connectivity index (χ0n) is 11.4. The number of fused-ring (bicyclic) bond motifs is 1. The number of aryl methyl sites for hydroxylation is 1. The maximum Gasteiger partial charge on any atom is 0.340 e. The fourth-order valence-corrected chi connectivity index (χ4v) is 2.44. The fraction of sp³-hybridized carbons (Fsp3) is 0.118. The topological polar surface area (TPSA) is 42.1 Å². The molecule has 100 valence electrons. The second-order valence-electron chi connectivity index (χ2n) is 4.78. The number of hydrogen-bond donors (Lipinski definition) is 1. The number of nitrogens with one attached hydrogen (secondary N) is 1. The number of methoxy groups -OCH3 is 1. The maximum absolute atomic E-state index is 12.2. The summed E-state index contributed by atoms with van der Waals surface area (Å²) in [7, 11) is 1.41. The van der Waals surface area contributed by atoms with Crippen LogP contribution in [0, 0.1) is 6.92 Å². The average Bonchev–Trinajstić information content (AvgIpc) is 2.86. The van der Waals surface area contributed by atoms with Crippen LogP contribution in [-0.2, 0) is 4.74 Å². The number of carbonyl (C=O) groups is 1. The van der Waals surface area contributed by atoms with Crippen LogP contribution in [0.1, 0.15) is 15.9 Å². The van der Waals surface area contributed by atoms with Crippen molar-refractivity contribution in [1.29, 1.82) is 0 Å². The highest BCUT2D eigenvalue weighted by molar-refractivity contribution is 6.10. The molecule has 0 amide bonds. The van der Waals surface area contributed by atoms with E-state index in [0.717, 1.165) is 27.7 Å². The van der Waals surface area contributed by atoms with Gasteiger partial charge in [-0.3, -0.25) is 0 Å². The first kappa shape index (κ1) is 12.5. The van der Waals surface area contributed by atoms with Crippen molar-refractivity contribution in [3.63, 3.8) is 0 Å². The molecule has 1 N–H and O–H groups in total. The van der Waals surface area contributed by atoms with Crippen molar-refractivity contribution < 1.29 is 9.53 Å². The smallest absolute Gasteiger partial charge is 0.340 e. The van der Waals surface area contributed by atoms with Gasteiger partial charge in [-0.25, -0.2) is 4.79 Å². The molecule has 3 heteroatoms. The number of benzene rings is 2. The molecule has 0 aliphatic carbocycles. The van der Waals surface area contributed by atoms with Crippen LogP contribution in [0.3, 0.4) is 0 Å². The summed E-state index contributed by atoms with van der Waals surface area (Å²) in [5, 5.41) is 0.899. The van der Waals surface area contributed by atoms with Gasteiger partial charge < -0.3 is 9.72 Å². The normalized spacial score (nSPS) is 10.7. The average molecular weight is 265 g/mol. The van der Waals surface area contributed by atoms with Gasteiger partial charge in [0.25, 0.3) is 0 Å². The molecule has 0 fully saturated rings. The van der Waals surface area contributed by atoms with Crippen molar-refractivity contribution in [2.45, 2.75) is 6.92 Å². The van der Waals surface area contributed by atoms with Crippen molar-refractivity contribution in [2.75, 3.05) is 7.11 Å². The molecule has 0 atom stereocenters. The minimum atomic E-state index is -0.319. The van der Waals surface area contributed by atoms with Crippen LogP contribution in [0.15, 0.2) is 48.5 Å². The molecule has 0 aliphatic rings. The van der Waals surface area contributed by atoms with E-state index in [-0.39, 0.29) is 5.97 Å². The zero-order valence-corrected chi connectivity index (χ0v) is 11.4. The molecule has 0 bridgehead atoms. The van der Waals surface area contributed by atoms with Gasteiger partial charge in [0.2, 0.25) is 0 Å². The predicted molar refractivity (Wildman–Crippen MR) is 79.8 cm³/mol. The summed E-state index contributed by atoms with van der Waals surface area (Å²) in [4.78, 5) is 15.5. The monoisotopic (exact) mass is 265 g/mol. The summed E-state index contributed by atoms with van der Waals surface area (Å²) < 4.78 is 4.95. The van der Waals surface area contributed by atoms with Crippen LogP contribution in [0.25, 0.3) is 22.2 Å². The van der Waals surface area contributed by atoms with E-state index in [9.17, 15) is 4.79 Å². The number of H-pyrrole nitrogens is 1. The maximum atomic E-state index is 12.2. The van der Waals surface area contributed by atoms with Crippen LogP contribution >= 0.6 is 0 Å². The van der Waals surface area contributed by atoms with Crippen LogP contribution in [0.2, 0.25) is 0 Å². The second-order valence-corrected chi connectivity index (χ2v) is 4.78. The molecule has 0 radical (unpaired) electrons. The number of esters is 1. The standard InChI is InChI=1S/C17H15NO2/c1-11-8-9-14-13(10-11)15(17(19)20-2)16(18-14)12-6-4-3-5-7-12/h3-10,18H,1-2H3. The molecule has 3 nitrogen and oxygen atoms in total. The first-order chi connectivity index (χ1) is 9.70. The SMILES string of the molecule is COC(=O)c1c(-c2ccccc2)[nH]c2ccc(C)cc12. The van der Waals surface area contributed by atoms with Crippen molar-refractivity contribution >= 4 is 16.9 Å². The number of ether oxygens (including phenoxy) is 1. The predicted octanol–water partition coefficient (Wildman–Crippen LogP) is 3.93. The minimum absolute atomic E-state index is 0.319.